The highest BCUT2D eigenvalue weighted by atomic mass is 16.1. The summed E-state index contributed by atoms with van der Waals surface area (Å²) < 4.78 is 0. The molecule has 94 valence electrons. The van der Waals surface area contributed by atoms with Crippen LogP contribution < -0.4 is 11.1 Å². The van der Waals surface area contributed by atoms with E-state index in [9.17, 15) is 4.79 Å². The molecule has 3 aromatic rings. The number of benzene rings is 2. The molecule has 0 unspecified atom stereocenters. The van der Waals surface area contributed by atoms with E-state index in [-0.39, 0.29) is 5.91 Å². The first-order valence-corrected chi connectivity index (χ1v) is 5.83. The van der Waals surface area contributed by atoms with E-state index in [1.807, 2.05) is 12.1 Å². The highest BCUT2D eigenvalue weighted by Crippen LogP contribution is 2.18. The number of amides is 1. The predicted molar refractivity (Wildman–Crippen MR) is 74.9 cm³/mol. The largest absolute Gasteiger partial charge is 0.398 e. The third-order valence-corrected chi connectivity index (χ3v) is 2.88. The molecule has 19 heavy (non-hydrogen) atoms. The van der Waals surface area contributed by atoms with Crippen LogP contribution in [0, 0.1) is 0 Å². The highest BCUT2D eigenvalue weighted by molar-refractivity contribution is 6.08. The molecule has 1 heterocycles. The van der Waals surface area contributed by atoms with Gasteiger partial charge in [0, 0.05) is 11.4 Å². The number of rotatable bonds is 2. The summed E-state index contributed by atoms with van der Waals surface area (Å²) in [6.07, 6.45) is 1.62. The Morgan fingerprint density at radius 2 is 2.05 bits per heavy atom. The SMILES string of the molecule is Nc1ccccc1C(=O)Nc1ccc2nc[nH]c2c1. The molecule has 1 aromatic heterocycles. The standard InChI is InChI=1S/C14H12N4O/c15-11-4-2-1-3-10(11)14(19)18-9-5-6-12-13(7-9)17-8-16-12/h1-8H,15H2,(H,16,17)(H,18,19). The summed E-state index contributed by atoms with van der Waals surface area (Å²) in [5, 5.41) is 2.81. The Morgan fingerprint density at radius 1 is 1.21 bits per heavy atom. The summed E-state index contributed by atoms with van der Waals surface area (Å²) in [5.41, 5.74) is 9.13. The number of nitrogen functional groups attached to an aromatic ring is 1. The second-order valence-electron chi connectivity index (χ2n) is 4.18. The number of aromatic amines is 1. The fraction of sp³-hybridized carbons (Fsp3) is 0. The number of nitrogens with one attached hydrogen (secondary N) is 2. The van der Waals surface area contributed by atoms with Crippen LogP contribution in [-0.4, -0.2) is 15.9 Å². The number of H-pyrrole nitrogens is 1. The smallest absolute Gasteiger partial charge is 0.257 e. The van der Waals surface area contributed by atoms with E-state index in [0.717, 1.165) is 11.0 Å². The second-order valence-corrected chi connectivity index (χ2v) is 4.18. The molecule has 2 aromatic carbocycles. The van der Waals surface area contributed by atoms with Crippen molar-refractivity contribution in [3.05, 3.63) is 54.4 Å². The first-order valence-electron chi connectivity index (χ1n) is 5.83. The number of para-hydroxylation sites is 1. The summed E-state index contributed by atoms with van der Waals surface area (Å²) in [6.45, 7) is 0. The minimum absolute atomic E-state index is 0.225. The molecule has 0 aliphatic carbocycles. The molecule has 0 saturated heterocycles. The van der Waals surface area contributed by atoms with E-state index in [4.69, 9.17) is 5.73 Å². The Hall–Kier alpha value is -2.82. The normalized spacial score (nSPS) is 10.5. The van der Waals surface area contributed by atoms with Crippen LogP contribution in [0.25, 0.3) is 11.0 Å². The molecular weight excluding hydrogens is 240 g/mol. The number of nitrogens with two attached hydrogens (primary N) is 1. The maximum absolute atomic E-state index is 12.1. The Kier molecular flexibility index (Phi) is 2.64. The van der Waals surface area contributed by atoms with Crippen LogP contribution in [0.4, 0.5) is 11.4 Å². The maximum Gasteiger partial charge on any atom is 0.257 e. The molecule has 1 amide bonds. The minimum atomic E-state index is -0.225. The number of imidazole rings is 1. The molecule has 0 spiro atoms. The Morgan fingerprint density at radius 3 is 2.89 bits per heavy atom. The fourth-order valence-corrected chi connectivity index (χ4v) is 1.92. The number of carbonyl (C=O) groups excluding carboxylic acids is 1. The lowest BCUT2D eigenvalue weighted by Gasteiger charge is -2.07. The van der Waals surface area contributed by atoms with Crippen molar-refractivity contribution in [2.24, 2.45) is 0 Å². The molecular formula is C14H12N4O. The lowest BCUT2D eigenvalue weighted by atomic mass is 10.1. The van der Waals surface area contributed by atoms with Crippen molar-refractivity contribution in [1.82, 2.24) is 9.97 Å². The van der Waals surface area contributed by atoms with Gasteiger partial charge < -0.3 is 16.0 Å². The van der Waals surface area contributed by atoms with Crippen LogP contribution in [0.3, 0.4) is 0 Å². The summed E-state index contributed by atoms with van der Waals surface area (Å²) in [6, 6.07) is 12.5. The predicted octanol–water partition coefficient (Wildman–Crippen LogP) is 2.40. The van der Waals surface area contributed by atoms with Gasteiger partial charge >= 0.3 is 0 Å². The first-order chi connectivity index (χ1) is 9.24. The van der Waals surface area contributed by atoms with E-state index in [1.165, 1.54) is 0 Å². The van der Waals surface area contributed by atoms with Crippen LogP contribution in [0.5, 0.6) is 0 Å². The summed E-state index contributed by atoms with van der Waals surface area (Å²) >= 11 is 0. The molecule has 0 bridgehead atoms. The van der Waals surface area contributed by atoms with E-state index in [0.29, 0.717) is 16.9 Å². The number of aromatic nitrogens is 2. The third kappa shape index (κ3) is 2.13. The molecule has 0 aliphatic rings. The van der Waals surface area contributed by atoms with Crippen LogP contribution in [0.2, 0.25) is 0 Å². The number of carbonyl (C=O) groups is 1. The van der Waals surface area contributed by atoms with Gasteiger partial charge in [-0.25, -0.2) is 4.98 Å². The molecule has 0 aliphatic heterocycles. The van der Waals surface area contributed by atoms with Gasteiger partial charge in [0.25, 0.3) is 5.91 Å². The van der Waals surface area contributed by atoms with Crippen molar-refractivity contribution in [2.45, 2.75) is 0 Å². The van der Waals surface area contributed by atoms with Gasteiger partial charge in [-0.1, -0.05) is 12.1 Å². The van der Waals surface area contributed by atoms with Crippen LogP contribution in [0.1, 0.15) is 10.4 Å². The zero-order valence-corrected chi connectivity index (χ0v) is 10.1. The number of hydrogen-bond donors (Lipinski definition) is 3. The Bertz CT molecular complexity index is 748. The number of anilines is 2. The summed E-state index contributed by atoms with van der Waals surface area (Å²) in [5.74, 6) is -0.225. The van der Waals surface area contributed by atoms with Crippen molar-refractivity contribution in [1.29, 1.82) is 0 Å². The molecule has 0 radical (unpaired) electrons. The van der Waals surface area contributed by atoms with E-state index in [2.05, 4.69) is 15.3 Å². The van der Waals surface area contributed by atoms with E-state index in [1.54, 1.807) is 36.7 Å². The number of fused-ring (bicyclic) bond motifs is 1. The Balaban J connectivity index is 1.88. The lowest BCUT2D eigenvalue weighted by molar-refractivity contribution is 0.102. The number of hydrogen-bond acceptors (Lipinski definition) is 3. The Labute approximate surface area is 109 Å². The van der Waals surface area contributed by atoms with Gasteiger partial charge in [-0.3, -0.25) is 4.79 Å². The van der Waals surface area contributed by atoms with Gasteiger partial charge in [-0.05, 0) is 30.3 Å². The minimum Gasteiger partial charge on any atom is -0.398 e. The van der Waals surface area contributed by atoms with Crippen LogP contribution in [-0.2, 0) is 0 Å². The van der Waals surface area contributed by atoms with Crippen LogP contribution in [0.15, 0.2) is 48.8 Å². The molecule has 5 heteroatoms. The van der Waals surface area contributed by atoms with Crippen molar-refractivity contribution in [2.75, 3.05) is 11.1 Å². The van der Waals surface area contributed by atoms with Gasteiger partial charge in [0.15, 0.2) is 0 Å². The van der Waals surface area contributed by atoms with E-state index >= 15 is 0 Å². The van der Waals surface area contributed by atoms with Gasteiger partial charge in [0.05, 0.1) is 22.9 Å². The second kappa shape index (κ2) is 4.45. The van der Waals surface area contributed by atoms with Crippen molar-refractivity contribution in [3.63, 3.8) is 0 Å². The molecule has 5 nitrogen and oxygen atoms in total. The van der Waals surface area contributed by atoms with Crippen molar-refractivity contribution < 1.29 is 4.79 Å². The zero-order chi connectivity index (χ0) is 13.2. The quantitative estimate of drug-likeness (QED) is 0.612. The topological polar surface area (TPSA) is 83.8 Å². The van der Waals surface area contributed by atoms with Crippen molar-refractivity contribution >= 4 is 28.3 Å². The molecule has 0 saturated carbocycles. The molecule has 0 fully saturated rings. The monoisotopic (exact) mass is 252 g/mol. The highest BCUT2D eigenvalue weighted by Gasteiger charge is 2.09. The zero-order valence-electron chi connectivity index (χ0n) is 10.1. The van der Waals surface area contributed by atoms with Gasteiger partial charge in [0.2, 0.25) is 0 Å². The van der Waals surface area contributed by atoms with Crippen LogP contribution >= 0.6 is 0 Å². The van der Waals surface area contributed by atoms with Crippen molar-refractivity contribution in [3.8, 4) is 0 Å². The van der Waals surface area contributed by atoms with Gasteiger partial charge in [0.1, 0.15) is 0 Å². The molecule has 4 N–H and O–H groups in total. The summed E-state index contributed by atoms with van der Waals surface area (Å²) in [7, 11) is 0. The first kappa shape index (κ1) is 11.3. The van der Waals surface area contributed by atoms with E-state index < -0.39 is 0 Å². The average Bonchev–Trinajstić information content (AvgIpc) is 2.86. The number of nitrogens with zero attached hydrogens (tertiary/aromatic N) is 1. The molecule has 3 rings (SSSR count). The van der Waals surface area contributed by atoms with Gasteiger partial charge in [-0.2, -0.15) is 0 Å². The van der Waals surface area contributed by atoms with Gasteiger partial charge in [-0.15, -0.1) is 0 Å². The third-order valence-electron chi connectivity index (χ3n) is 2.88. The fourth-order valence-electron chi connectivity index (χ4n) is 1.92. The molecule has 0 atom stereocenters. The summed E-state index contributed by atoms with van der Waals surface area (Å²) in [4.78, 5) is 19.2. The maximum atomic E-state index is 12.1. The average molecular weight is 252 g/mol. The lowest BCUT2D eigenvalue weighted by Crippen LogP contribution is -2.13.